The maximum absolute atomic E-state index is 12.8. The van der Waals surface area contributed by atoms with Crippen LogP contribution in [0.1, 0.15) is 23.2 Å². The van der Waals surface area contributed by atoms with E-state index in [0.717, 1.165) is 0 Å². The molecular formula is C20H21ClN2O5S. The first-order chi connectivity index (χ1) is 13.8. The largest absolute Gasteiger partial charge is 0.469 e. The average Bonchev–Trinajstić information content (AvgIpc) is 2.73. The number of esters is 1. The Labute approximate surface area is 174 Å². The van der Waals surface area contributed by atoms with Crippen molar-refractivity contribution < 1.29 is 22.7 Å². The second-order valence-corrected chi connectivity index (χ2v) is 8.76. The van der Waals surface area contributed by atoms with Crippen molar-refractivity contribution in [2.75, 3.05) is 24.9 Å². The number of halogens is 1. The predicted molar refractivity (Wildman–Crippen MR) is 109 cm³/mol. The lowest BCUT2D eigenvalue weighted by Gasteiger charge is -2.30. The lowest BCUT2D eigenvalue weighted by atomic mass is 9.96. The van der Waals surface area contributed by atoms with E-state index in [-0.39, 0.29) is 33.3 Å². The third-order valence-electron chi connectivity index (χ3n) is 4.81. The highest BCUT2D eigenvalue weighted by molar-refractivity contribution is 7.92. The molecule has 0 aliphatic carbocycles. The first-order valence-electron chi connectivity index (χ1n) is 9.06. The Balaban J connectivity index is 1.78. The van der Waals surface area contributed by atoms with E-state index < -0.39 is 10.0 Å². The number of amides is 1. The zero-order valence-corrected chi connectivity index (χ0v) is 17.4. The molecule has 7 nitrogen and oxygen atoms in total. The van der Waals surface area contributed by atoms with Gasteiger partial charge in [-0.2, -0.15) is 0 Å². The molecule has 0 bridgehead atoms. The number of anilines is 1. The van der Waals surface area contributed by atoms with Gasteiger partial charge in [-0.3, -0.25) is 14.3 Å². The minimum absolute atomic E-state index is 0.0226. The Bertz CT molecular complexity index is 1000. The van der Waals surface area contributed by atoms with E-state index in [1.54, 1.807) is 35.2 Å². The van der Waals surface area contributed by atoms with Crippen LogP contribution in [0.3, 0.4) is 0 Å². The highest BCUT2D eigenvalue weighted by atomic mass is 35.5. The molecular weight excluding hydrogens is 416 g/mol. The van der Waals surface area contributed by atoms with Crippen LogP contribution in [0.4, 0.5) is 5.69 Å². The minimum Gasteiger partial charge on any atom is -0.469 e. The maximum atomic E-state index is 12.8. The number of nitrogens with one attached hydrogen (secondary N) is 1. The van der Waals surface area contributed by atoms with Gasteiger partial charge in [-0.25, -0.2) is 8.42 Å². The van der Waals surface area contributed by atoms with Crippen LogP contribution < -0.4 is 4.72 Å². The zero-order valence-electron chi connectivity index (χ0n) is 15.8. The van der Waals surface area contributed by atoms with Crippen LogP contribution in [0.25, 0.3) is 0 Å². The van der Waals surface area contributed by atoms with E-state index in [9.17, 15) is 18.0 Å². The van der Waals surface area contributed by atoms with Gasteiger partial charge in [0.25, 0.3) is 15.9 Å². The summed E-state index contributed by atoms with van der Waals surface area (Å²) in [5.74, 6) is -0.801. The quantitative estimate of drug-likeness (QED) is 0.726. The summed E-state index contributed by atoms with van der Waals surface area (Å²) in [6.07, 6.45) is 1.01. The molecule has 1 heterocycles. The molecule has 0 atom stereocenters. The summed E-state index contributed by atoms with van der Waals surface area (Å²) in [7, 11) is -2.62. The van der Waals surface area contributed by atoms with Crippen molar-refractivity contribution in [1.29, 1.82) is 0 Å². The Kier molecular flexibility index (Phi) is 6.44. The smallest absolute Gasteiger partial charge is 0.308 e. The van der Waals surface area contributed by atoms with Crippen LogP contribution in [0.15, 0.2) is 53.4 Å². The number of para-hydroxylation sites is 1. The van der Waals surface area contributed by atoms with Gasteiger partial charge >= 0.3 is 5.97 Å². The topological polar surface area (TPSA) is 92.8 Å². The summed E-state index contributed by atoms with van der Waals surface area (Å²) in [5, 5.41) is 0.0226. The van der Waals surface area contributed by atoms with Crippen LogP contribution in [-0.2, 0) is 19.6 Å². The number of sulfonamides is 1. The molecule has 0 spiro atoms. The van der Waals surface area contributed by atoms with E-state index >= 15 is 0 Å². The summed E-state index contributed by atoms with van der Waals surface area (Å²) in [6.45, 7) is 0.789. The number of piperidine rings is 1. The van der Waals surface area contributed by atoms with Crippen molar-refractivity contribution in [3.05, 3.63) is 59.1 Å². The molecule has 2 aromatic rings. The van der Waals surface area contributed by atoms with Gasteiger partial charge in [0.15, 0.2) is 0 Å². The molecule has 1 N–H and O–H groups in total. The van der Waals surface area contributed by atoms with Gasteiger partial charge in [0.05, 0.1) is 18.1 Å². The van der Waals surface area contributed by atoms with Gasteiger partial charge in [-0.15, -0.1) is 0 Å². The number of carbonyl (C=O) groups excluding carboxylic acids is 2. The van der Waals surface area contributed by atoms with Crippen molar-refractivity contribution in [2.24, 2.45) is 5.92 Å². The number of nitrogens with zero attached hydrogens (tertiary/aromatic N) is 1. The molecule has 9 heteroatoms. The van der Waals surface area contributed by atoms with Gasteiger partial charge in [-0.05, 0) is 43.2 Å². The summed E-state index contributed by atoms with van der Waals surface area (Å²) >= 11 is 6.11. The van der Waals surface area contributed by atoms with Crippen molar-refractivity contribution in [3.8, 4) is 0 Å². The predicted octanol–water partition coefficient (Wildman–Crippen LogP) is 3.17. The Morgan fingerprint density at radius 3 is 2.38 bits per heavy atom. The van der Waals surface area contributed by atoms with Crippen LogP contribution >= 0.6 is 11.6 Å². The molecule has 1 fully saturated rings. The number of likely N-dealkylation sites (tertiary alicyclic amines) is 1. The fourth-order valence-corrected chi connectivity index (χ4v) is 4.81. The highest BCUT2D eigenvalue weighted by Crippen LogP contribution is 2.27. The number of rotatable bonds is 5. The summed E-state index contributed by atoms with van der Waals surface area (Å²) < 4.78 is 32.7. The van der Waals surface area contributed by atoms with E-state index in [2.05, 4.69) is 4.72 Å². The molecule has 0 saturated carbocycles. The lowest BCUT2D eigenvalue weighted by molar-refractivity contribution is -0.146. The lowest BCUT2D eigenvalue weighted by Crippen LogP contribution is -2.40. The summed E-state index contributed by atoms with van der Waals surface area (Å²) in [6, 6.07) is 12.6. The molecule has 0 unspecified atom stereocenters. The number of methoxy groups -OCH3 is 1. The van der Waals surface area contributed by atoms with E-state index in [4.69, 9.17) is 16.3 Å². The van der Waals surface area contributed by atoms with Gasteiger partial charge in [-0.1, -0.05) is 29.8 Å². The van der Waals surface area contributed by atoms with Crippen molar-refractivity contribution >= 4 is 39.2 Å². The first kappa shape index (κ1) is 21.1. The number of hydrogen-bond donors (Lipinski definition) is 1. The molecule has 29 heavy (non-hydrogen) atoms. The van der Waals surface area contributed by atoms with Crippen molar-refractivity contribution in [1.82, 2.24) is 4.90 Å². The molecule has 0 radical (unpaired) electrons. The SMILES string of the molecule is COC(=O)C1CCN(C(=O)c2ccc(Cl)c(S(=O)(=O)Nc3ccccc3)c2)CC1. The minimum atomic E-state index is -3.97. The van der Waals surface area contributed by atoms with E-state index in [1.807, 2.05) is 0 Å². The third kappa shape index (κ3) is 4.89. The van der Waals surface area contributed by atoms with Crippen LogP contribution in [0.5, 0.6) is 0 Å². The Morgan fingerprint density at radius 2 is 1.76 bits per heavy atom. The summed E-state index contributed by atoms with van der Waals surface area (Å²) in [5.41, 5.74) is 0.615. The van der Waals surface area contributed by atoms with Gasteiger partial charge in [0.2, 0.25) is 0 Å². The van der Waals surface area contributed by atoms with Crippen molar-refractivity contribution in [2.45, 2.75) is 17.7 Å². The standard InChI is InChI=1S/C20H21ClN2O5S/c1-28-20(25)14-9-11-23(12-10-14)19(24)15-7-8-17(21)18(13-15)29(26,27)22-16-5-3-2-4-6-16/h2-8,13-14,22H,9-12H2,1H3. The molecule has 1 aliphatic rings. The Morgan fingerprint density at radius 1 is 1.10 bits per heavy atom. The molecule has 2 aromatic carbocycles. The second kappa shape index (κ2) is 8.84. The monoisotopic (exact) mass is 436 g/mol. The average molecular weight is 437 g/mol. The Hall–Kier alpha value is -2.58. The molecule has 0 aromatic heterocycles. The van der Waals surface area contributed by atoms with Crippen LogP contribution in [0.2, 0.25) is 5.02 Å². The van der Waals surface area contributed by atoms with Gasteiger partial charge in [0, 0.05) is 24.3 Å². The third-order valence-corrected chi connectivity index (χ3v) is 6.67. The highest BCUT2D eigenvalue weighted by Gasteiger charge is 2.29. The maximum Gasteiger partial charge on any atom is 0.308 e. The van der Waals surface area contributed by atoms with Crippen molar-refractivity contribution in [3.63, 3.8) is 0 Å². The molecule has 1 aliphatic heterocycles. The zero-order chi connectivity index (χ0) is 21.0. The van der Waals surface area contributed by atoms with Crippen LogP contribution in [-0.4, -0.2) is 45.4 Å². The van der Waals surface area contributed by atoms with E-state index in [0.29, 0.717) is 31.6 Å². The number of ether oxygens (including phenoxy) is 1. The first-order valence-corrected chi connectivity index (χ1v) is 10.9. The molecule has 1 saturated heterocycles. The molecule has 3 rings (SSSR count). The number of carbonyl (C=O) groups is 2. The van der Waals surface area contributed by atoms with Gasteiger partial charge < -0.3 is 9.64 Å². The number of hydrogen-bond acceptors (Lipinski definition) is 5. The molecule has 1 amide bonds. The van der Waals surface area contributed by atoms with Crippen LogP contribution in [0, 0.1) is 5.92 Å². The second-order valence-electron chi connectivity index (χ2n) is 6.71. The fraction of sp³-hybridized carbons (Fsp3) is 0.300. The fourth-order valence-electron chi connectivity index (χ4n) is 3.23. The summed E-state index contributed by atoms with van der Waals surface area (Å²) in [4.78, 5) is 25.9. The van der Waals surface area contributed by atoms with Gasteiger partial charge in [0.1, 0.15) is 4.90 Å². The molecule has 154 valence electrons. The van der Waals surface area contributed by atoms with E-state index in [1.165, 1.54) is 25.3 Å². The normalized spacial score (nSPS) is 15.0. The number of benzene rings is 2.